The largest absolute Gasteiger partial charge is 0.340 e. The molecule has 102 valence electrons. The number of piperazine rings is 1. The van der Waals surface area contributed by atoms with Crippen LogP contribution >= 0.6 is 12.4 Å². The Hall–Kier alpha value is -1.07. The van der Waals surface area contributed by atoms with E-state index >= 15 is 0 Å². The minimum atomic E-state index is 0. The van der Waals surface area contributed by atoms with E-state index in [0.717, 1.165) is 43.1 Å². The molecule has 18 heavy (non-hydrogen) atoms. The van der Waals surface area contributed by atoms with Gasteiger partial charge in [-0.15, -0.1) is 12.4 Å². The molecule has 1 aliphatic heterocycles. The van der Waals surface area contributed by atoms with E-state index in [0.29, 0.717) is 6.42 Å². The van der Waals surface area contributed by atoms with Gasteiger partial charge in [0.2, 0.25) is 5.91 Å². The van der Waals surface area contributed by atoms with E-state index in [2.05, 4.69) is 10.4 Å². The lowest BCUT2D eigenvalue weighted by molar-refractivity contribution is -0.131. The molecule has 0 aromatic carbocycles. The molecule has 1 fully saturated rings. The highest BCUT2D eigenvalue weighted by Crippen LogP contribution is 2.13. The fourth-order valence-electron chi connectivity index (χ4n) is 2.25. The smallest absolute Gasteiger partial charge is 0.227 e. The van der Waals surface area contributed by atoms with Crippen LogP contribution in [-0.2, 0) is 18.3 Å². The molecular formula is C12H21ClN4O. The number of hydrogen-bond donors (Lipinski definition) is 1. The highest BCUT2D eigenvalue weighted by atomic mass is 35.5. The van der Waals surface area contributed by atoms with Gasteiger partial charge in [0.25, 0.3) is 0 Å². The summed E-state index contributed by atoms with van der Waals surface area (Å²) in [6.45, 7) is 7.41. The number of nitrogens with zero attached hydrogens (tertiary/aromatic N) is 3. The Bertz CT molecular complexity index is 424. The highest BCUT2D eigenvalue weighted by Gasteiger charge is 2.19. The first-order valence-electron chi connectivity index (χ1n) is 6.07. The van der Waals surface area contributed by atoms with Crippen molar-refractivity contribution in [2.45, 2.75) is 20.3 Å². The molecule has 1 aliphatic rings. The Morgan fingerprint density at radius 1 is 1.33 bits per heavy atom. The van der Waals surface area contributed by atoms with Gasteiger partial charge in [0.1, 0.15) is 0 Å². The summed E-state index contributed by atoms with van der Waals surface area (Å²) in [6.07, 6.45) is 0.478. The zero-order valence-electron chi connectivity index (χ0n) is 11.2. The molecule has 1 amide bonds. The van der Waals surface area contributed by atoms with Gasteiger partial charge in [0.15, 0.2) is 0 Å². The fourth-order valence-corrected chi connectivity index (χ4v) is 2.25. The maximum absolute atomic E-state index is 12.1. The van der Waals surface area contributed by atoms with Crippen LogP contribution in [0, 0.1) is 13.8 Å². The average Bonchev–Trinajstić information content (AvgIpc) is 2.57. The van der Waals surface area contributed by atoms with Crippen LogP contribution in [0.3, 0.4) is 0 Å². The van der Waals surface area contributed by atoms with Crippen LogP contribution in [0.4, 0.5) is 0 Å². The van der Waals surface area contributed by atoms with Gasteiger partial charge in [-0.1, -0.05) is 0 Å². The molecule has 6 heteroatoms. The van der Waals surface area contributed by atoms with Gasteiger partial charge in [-0.05, 0) is 13.8 Å². The van der Waals surface area contributed by atoms with Crippen molar-refractivity contribution in [3.05, 3.63) is 17.0 Å². The monoisotopic (exact) mass is 272 g/mol. The van der Waals surface area contributed by atoms with Crippen LogP contribution in [0.25, 0.3) is 0 Å². The Balaban J connectivity index is 0.00000162. The quantitative estimate of drug-likeness (QED) is 0.850. The van der Waals surface area contributed by atoms with Crippen molar-refractivity contribution in [1.82, 2.24) is 20.0 Å². The average molecular weight is 273 g/mol. The Morgan fingerprint density at radius 2 is 1.94 bits per heavy atom. The lowest BCUT2D eigenvalue weighted by Gasteiger charge is -2.27. The van der Waals surface area contributed by atoms with Crippen molar-refractivity contribution >= 4 is 18.3 Å². The molecule has 2 rings (SSSR count). The third-order valence-electron chi connectivity index (χ3n) is 3.46. The molecular weight excluding hydrogens is 252 g/mol. The van der Waals surface area contributed by atoms with Gasteiger partial charge in [0.05, 0.1) is 12.1 Å². The Kier molecular flexibility index (Phi) is 5.16. The molecule has 0 radical (unpaired) electrons. The maximum atomic E-state index is 12.1. The van der Waals surface area contributed by atoms with Gasteiger partial charge in [-0.2, -0.15) is 5.10 Å². The number of rotatable bonds is 2. The van der Waals surface area contributed by atoms with Crippen LogP contribution in [0.15, 0.2) is 0 Å². The predicted octanol–water partition coefficient (Wildman–Crippen LogP) is 0.433. The summed E-state index contributed by atoms with van der Waals surface area (Å²) in [5, 5.41) is 7.59. The molecule has 1 aromatic rings. The highest BCUT2D eigenvalue weighted by molar-refractivity contribution is 5.85. The van der Waals surface area contributed by atoms with Gasteiger partial charge >= 0.3 is 0 Å². The van der Waals surface area contributed by atoms with Crippen LogP contribution in [-0.4, -0.2) is 46.8 Å². The molecule has 0 spiro atoms. The van der Waals surface area contributed by atoms with E-state index in [9.17, 15) is 4.79 Å². The summed E-state index contributed by atoms with van der Waals surface area (Å²) in [7, 11) is 1.92. The third kappa shape index (κ3) is 3.03. The van der Waals surface area contributed by atoms with Crippen LogP contribution in [0.2, 0.25) is 0 Å². The van der Waals surface area contributed by atoms with Crippen LogP contribution < -0.4 is 5.32 Å². The van der Waals surface area contributed by atoms with Gasteiger partial charge < -0.3 is 10.2 Å². The normalized spacial score (nSPS) is 15.4. The molecule has 0 unspecified atom stereocenters. The lowest BCUT2D eigenvalue weighted by atomic mass is 10.1. The maximum Gasteiger partial charge on any atom is 0.227 e. The van der Waals surface area contributed by atoms with Crippen molar-refractivity contribution in [2.75, 3.05) is 26.2 Å². The first-order valence-corrected chi connectivity index (χ1v) is 6.07. The van der Waals surface area contributed by atoms with Gasteiger partial charge in [-0.25, -0.2) is 0 Å². The molecule has 0 saturated carbocycles. The number of aryl methyl sites for hydroxylation is 2. The van der Waals surface area contributed by atoms with Crippen molar-refractivity contribution in [1.29, 1.82) is 0 Å². The van der Waals surface area contributed by atoms with E-state index in [1.54, 1.807) is 0 Å². The SMILES string of the molecule is Cc1nn(C)c(C)c1CC(=O)N1CCNCC1.Cl. The number of aromatic nitrogens is 2. The topological polar surface area (TPSA) is 50.2 Å². The van der Waals surface area contributed by atoms with Gasteiger partial charge in [-0.3, -0.25) is 9.48 Å². The summed E-state index contributed by atoms with van der Waals surface area (Å²) >= 11 is 0. The summed E-state index contributed by atoms with van der Waals surface area (Å²) < 4.78 is 1.84. The standard InChI is InChI=1S/C12H20N4O.ClH/c1-9-11(10(2)15(3)14-9)8-12(17)16-6-4-13-5-7-16;/h13H,4-8H2,1-3H3;1H. The summed E-state index contributed by atoms with van der Waals surface area (Å²) in [5.74, 6) is 0.214. The molecule has 0 aliphatic carbocycles. The third-order valence-corrected chi connectivity index (χ3v) is 3.46. The van der Waals surface area contributed by atoms with E-state index in [1.165, 1.54) is 0 Å². The molecule has 1 saturated heterocycles. The number of amides is 1. The second-order valence-corrected chi connectivity index (χ2v) is 4.58. The van der Waals surface area contributed by atoms with Crippen LogP contribution in [0.5, 0.6) is 0 Å². The summed E-state index contributed by atoms with van der Waals surface area (Å²) in [6, 6.07) is 0. The number of hydrogen-bond acceptors (Lipinski definition) is 3. The second kappa shape index (κ2) is 6.20. The van der Waals surface area contributed by atoms with Gasteiger partial charge in [0, 0.05) is 44.5 Å². The lowest BCUT2D eigenvalue weighted by Crippen LogP contribution is -2.47. The minimum absolute atomic E-state index is 0. The molecule has 2 heterocycles. The molecule has 0 bridgehead atoms. The van der Waals surface area contributed by atoms with E-state index in [4.69, 9.17) is 0 Å². The van der Waals surface area contributed by atoms with Crippen molar-refractivity contribution < 1.29 is 4.79 Å². The molecule has 1 N–H and O–H groups in total. The predicted molar refractivity (Wildman–Crippen MR) is 73.1 cm³/mol. The van der Waals surface area contributed by atoms with Crippen molar-refractivity contribution in [2.24, 2.45) is 7.05 Å². The zero-order chi connectivity index (χ0) is 12.4. The molecule has 1 aromatic heterocycles. The van der Waals surface area contributed by atoms with Crippen LogP contribution in [0.1, 0.15) is 17.0 Å². The number of nitrogens with one attached hydrogen (secondary N) is 1. The first kappa shape index (κ1) is 15.0. The number of carbonyl (C=O) groups is 1. The Labute approximate surface area is 114 Å². The minimum Gasteiger partial charge on any atom is -0.340 e. The number of carbonyl (C=O) groups excluding carboxylic acids is 1. The van der Waals surface area contributed by atoms with E-state index < -0.39 is 0 Å². The van der Waals surface area contributed by atoms with Crippen molar-refractivity contribution in [3.63, 3.8) is 0 Å². The second-order valence-electron chi connectivity index (χ2n) is 4.58. The van der Waals surface area contributed by atoms with E-state index in [-0.39, 0.29) is 18.3 Å². The Morgan fingerprint density at radius 3 is 2.44 bits per heavy atom. The summed E-state index contributed by atoms with van der Waals surface area (Å²) in [4.78, 5) is 14.1. The molecule has 5 nitrogen and oxygen atoms in total. The van der Waals surface area contributed by atoms with Crippen molar-refractivity contribution in [3.8, 4) is 0 Å². The summed E-state index contributed by atoms with van der Waals surface area (Å²) in [5.41, 5.74) is 3.13. The fraction of sp³-hybridized carbons (Fsp3) is 0.667. The van der Waals surface area contributed by atoms with E-state index in [1.807, 2.05) is 30.5 Å². The zero-order valence-corrected chi connectivity index (χ0v) is 12.0. The number of halogens is 1. The first-order chi connectivity index (χ1) is 8.09. The molecule has 0 atom stereocenters.